The van der Waals surface area contributed by atoms with Crippen LogP contribution in [0.4, 0.5) is 4.39 Å². The van der Waals surface area contributed by atoms with Crippen molar-refractivity contribution in [2.75, 3.05) is 0 Å². The van der Waals surface area contributed by atoms with Crippen molar-refractivity contribution >= 4 is 33.4 Å². The predicted molar refractivity (Wildman–Crippen MR) is 111 cm³/mol. The van der Waals surface area contributed by atoms with E-state index in [9.17, 15) is 18.8 Å². The lowest BCUT2D eigenvalue weighted by molar-refractivity contribution is -0.132. The van der Waals surface area contributed by atoms with Gasteiger partial charge in [-0.15, -0.1) is 11.3 Å². The van der Waals surface area contributed by atoms with Gasteiger partial charge in [0.05, 0.1) is 5.39 Å². The first-order chi connectivity index (χ1) is 14.2. The highest BCUT2D eigenvalue weighted by Gasteiger charge is 2.16. The molecule has 1 unspecified atom stereocenters. The minimum atomic E-state index is -0.901. The van der Waals surface area contributed by atoms with E-state index in [1.807, 2.05) is 13.8 Å². The Morgan fingerprint density at radius 2 is 1.93 bits per heavy atom. The molecule has 0 aliphatic rings. The number of aromatic amines is 1. The largest absolute Gasteiger partial charge is 0.481 e. The zero-order chi connectivity index (χ0) is 21.8. The van der Waals surface area contributed by atoms with Gasteiger partial charge in [0.15, 0.2) is 6.10 Å². The maximum absolute atomic E-state index is 12.9. The number of aromatic nitrogens is 2. The number of carbonyl (C=O) groups is 2. The van der Waals surface area contributed by atoms with Crippen molar-refractivity contribution in [3.05, 3.63) is 56.7 Å². The van der Waals surface area contributed by atoms with E-state index in [0.717, 1.165) is 10.4 Å². The van der Waals surface area contributed by atoms with E-state index in [2.05, 4.69) is 20.8 Å². The first-order valence-corrected chi connectivity index (χ1v) is 10.1. The van der Waals surface area contributed by atoms with Crippen molar-refractivity contribution in [2.45, 2.75) is 39.7 Å². The van der Waals surface area contributed by atoms with E-state index in [-0.39, 0.29) is 18.4 Å². The van der Waals surface area contributed by atoms with E-state index >= 15 is 0 Å². The molecule has 0 bridgehead atoms. The Balaban J connectivity index is 1.50. The van der Waals surface area contributed by atoms with Crippen LogP contribution in [0.25, 0.3) is 10.2 Å². The molecule has 2 amide bonds. The SMILES string of the molecule is Cc1sc2nc(CCC(=O)NNC(=O)C(C)Oc3ccc(F)cc3)[nH]c(=O)c2c1C. The molecule has 3 aromatic rings. The Hall–Kier alpha value is -3.27. The number of ether oxygens (including phenoxy) is 1. The molecule has 3 rings (SSSR count). The molecule has 0 spiro atoms. The molecule has 3 N–H and O–H groups in total. The monoisotopic (exact) mass is 432 g/mol. The molecular weight excluding hydrogens is 411 g/mol. The highest BCUT2D eigenvalue weighted by Crippen LogP contribution is 2.25. The molecule has 10 heteroatoms. The number of fused-ring (bicyclic) bond motifs is 1. The highest BCUT2D eigenvalue weighted by atomic mass is 32.1. The maximum Gasteiger partial charge on any atom is 0.279 e. The molecule has 0 saturated heterocycles. The fourth-order valence-corrected chi connectivity index (χ4v) is 3.76. The predicted octanol–water partition coefficient (Wildman–Crippen LogP) is 2.29. The van der Waals surface area contributed by atoms with Crippen molar-refractivity contribution in [2.24, 2.45) is 0 Å². The van der Waals surface area contributed by atoms with Gasteiger partial charge in [0.2, 0.25) is 5.91 Å². The van der Waals surface area contributed by atoms with E-state index in [1.165, 1.54) is 42.5 Å². The molecule has 0 saturated carbocycles. The third kappa shape index (κ3) is 5.01. The van der Waals surface area contributed by atoms with Crippen LogP contribution in [0.15, 0.2) is 29.1 Å². The van der Waals surface area contributed by atoms with Gasteiger partial charge >= 0.3 is 0 Å². The minimum Gasteiger partial charge on any atom is -0.481 e. The third-order valence-corrected chi connectivity index (χ3v) is 5.60. The zero-order valence-corrected chi connectivity index (χ0v) is 17.5. The summed E-state index contributed by atoms with van der Waals surface area (Å²) >= 11 is 1.44. The lowest BCUT2D eigenvalue weighted by atomic mass is 10.2. The normalized spacial score (nSPS) is 11.9. The van der Waals surface area contributed by atoms with Crippen molar-refractivity contribution in [1.82, 2.24) is 20.8 Å². The molecule has 8 nitrogen and oxygen atoms in total. The number of benzene rings is 1. The number of nitrogens with one attached hydrogen (secondary N) is 3. The Labute approximate surface area is 175 Å². The number of amides is 2. The van der Waals surface area contributed by atoms with Gasteiger partial charge in [-0.05, 0) is 50.6 Å². The summed E-state index contributed by atoms with van der Waals surface area (Å²) in [5.41, 5.74) is 5.26. The Kier molecular flexibility index (Phi) is 6.46. The van der Waals surface area contributed by atoms with E-state index < -0.39 is 23.7 Å². The van der Waals surface area contributed by atoms with Crippen molar-refractivity contribution < 1.29 is 18.7 Å². The fraction of sp³-hybridized carbons (Fsp3) is 0.300. The summed E-state index contributed by atoms with van der Waals surface area (Å²) in [5, 5.41) is 0.577. The van der Waals surface area contributed by atoms with Crippen LogP contribution in [0.1, 0.15) is 29.6 Å². The van der Waals surface area contributed by atoms with Crippen molar-refractivity contribution in [1.29, 1.82) is 0 Å². The number of hydrogen-bond acceptors (Lipinski definition) is 6. The molecule has 0 radical (unpaired) electrons. The Bertz CT molecular complexity index is 1140. The van der Waals surface area contributed by atoms with Crippen LogP contribution < -0.4 is 21.1 Å². The molecule has 0 aliphatic carbocycles. The molecule has 0 fully saturated rings. The summed E-state index contributed by atoms with van der Waals surface area (Å²) in [6.45, 7) is 5.30. The number of thiophene rings is 1. The standard InChI is InChI=1S/C20H21FN4O4S/c1-10-12(3)30-20-17(10)19(28)22-15(23-20)8-9-16(26)24-25-18(27)11(2)29-14-6-4-13(21)5-7-14/h4-7,11H,8-9H2,1-3H3,(H,24,26)(H,25,27)(H,22,23,28). The molecular formula is C20H21FN4O4S. The number of hydrazine groups is 1. The number of carbonyl (C=O) groups excluding carboxylic acids is 2. The third-order valence-electron chi connectivity index (χ3n) is 4.50. The number of rotatable bonds is 6. The van der Waals surface area contributed by atoms with Crippen LogP contribution in [-0.4, -0.2) is 27.9 Å². The molecule has 158 valence electrons. The van der Waals surface area contributed by atoms with Crippen LogP contribution in [0.2, 0.25) is 0 Å². The summed E-state index contributed by atoms with van der Waals surface area (Å²) in [6, 6.07) is 5.24. The fourth-order valence-electron chi connectivity index (χ4n) is 2.72. The van der Waals surface area contributed by atoms with E-state index in [4.69, 9.17) is 4.74 Å². The van der Waals surface area contributed by atoms with Gasteiger partial charge in [0.1, 0.15) is 22.2 Å². The molecule has 2 heterocycles. The Morgan fingerprint density at radius 1 is 1.23 bits per heavy atom. The number of hydrogen-bond donors (Lipinski definition) is 3. The number of nitrogens with zero attached hydrogens (tertiary/aromatic N) is 1. The van der Waals surface area contributed by atoms with E-state index in [1.54, 1.807) is 0 Å². The smallest absolute Gasteiger partial charge is 0.279 e. The van der Waals surface area contributed by atoms with Gasteiger partial charge in [-0.1, -0.05) is 0 Å². The number of aryl methyl sites for hydroxylation is 3. The molecule has 0 aliphatic heterocycles. The van der Waals surface area contributed by atoms with E-state index in [0.29, 0.717) is 21.8 Å². The van der Waals surface area contributed by atoms with Gasteiger partial charge in [-0.2, -0.15) is 0 Å². The van der Waals surface area contributed by atoms with Crippen LogP contribution in [0.5, 0.6) is 5.75 Å². The van der Waals surface area contributed by atoms with Crippen LogP contribution in [0.3, 0.4) is 0 Å². The lowest BCUT2D eigenvalue weighted by Crippen LogP contribution is -2.47. The minimum absolute atomic E-state index is 0.0191. The molecule has 30 heavy (non-hydrogen) atoms. The summed E-state index contributed by atoms with van der Waals surface area (Å²) in [5.74, 6) is -0.687. The number of H-pyrrole nitrogens is 1. The quantitative estimate of drug-likeness (QED) is 0.517. The molecule has 2 aromatic heterocycles. The molecule has 1 atom stereocenters. The summed E-state index contributed by atoms with van der Waals surface area (Å²) in [7, 11) is 0. The van der Waals surface area contributed by atoms with Gasteiger partial charge in [0.25, 0.3) is 11.5 Å². The average Bonchev–Trinajstić information content (AvgIpc) is 3.00. The van der Waals surface area contributed by atoms with Gasteiger partial charge < -0.3 is 9.72 Å². The van der Waals surface area contributed by atoms with Crippen molar-refractivity contribution in [3.63, 3.8) is 0 Å². The maximum atomic E-state index is 12.9. The molecule has 1 aromatic carbocycles. The van der Waals surface area contributed by atoms with Crippen molar-refractivity contribution in [3.8, 4) is 5.75 Å². The average molecular weight is 432 g/mol. The van der Waals surface area contributed by atoms with Gasteiger partial charge in [-0.25, -0.2) is 9.37 Å². The zero-order valence-electron chi connectivity index (χ0n) is 16.7. The first kappa shape index (κ1) is 21.4. The second-order valence-electron chi connectivity index (χ2n) is 6.73. The van der Waals surface area contributed by atoms with Gasteiger partial charge in [-0.3, -0.25) is 25.2 Å². The highest BCUT2D eigenvalue weighted by molar-refractivity contribution is 7.18. The summed E-state index contributed by atoms with van der Waals surface area (Å²) in [4.78, 5) is 45.1. The topological polar surface area (TPSA) is 113 Å². The lowest BCUT2D eigenvalue weighted by Gasteiger charge is -2.15. The second kappa shape index (κ2) is 9.04. The van der Waals surface area contributed by atoms with Crippen LogP contribution in [0, 0.1) is 19.7 Å². The second-order valence-corrected chi connectivity index (χ2v) is 7.93. The first-order valence-electron chi connectivity index (χ1n) is 9.24. The van der Waals surface area contributed by atoms with Gasteiger partial charge in [0, 0.05) is 17.7 Å². The summed E-state index contributed by atoms with van der Waals surface area (Å²) < 4.78 is 18.3. The number of halogens is 1. The van der Waals surface area contributed by atoms with Crippen LogP contribution >= 0.6 is 11.3 Å². The Morgan fingerprint density at radius 3 is 2.63 bits per heavy atom. The summed E-state index contributed by atoms with van der Waals surface area (Å²) in [6.07, 6.45) is -0.669. The van der Waals surface area contributed by atoms with Crippen LogP contribution in [-0.2, 0) is 16.0 Å².